The highest BCUT2D eigenvalue weighted by atomic mass is 16.4. The predicted octanol–water partition coefficient (Wildman–Crippen LogP) is -1.19. The molecule has 4 amide bonds. The summed E-state index contributed by atoms with van der Waals surface area (Å²) in [6.07, 6.45) is 1.56. The maximum atomic E-state index is 13.0. The van der Waals surface area contributed by atoms with Crippen LogP contribution in [0.25, 0.3) is 0 Å². The number of hydrogen-bond acceptors (Lipinski definition) is 6. The largest absolute Gasteiger partial charge is 0.480 e. The number of nitrogens with two attached hydrogens (primary N) is 1. The van der Waals surface area contributed by atoms with Crippen molar-refractivity contribution in [2.24, 2.45) is 17.6 Å². The maximum absolute atomic E-state index is 13.0. The van der Waals surface area contributed by atoms with Gasteiger partial charge in [0.1, 0.15) is 18.1 Å². The Labute approximate surface area is 182 Å². The minimum atomic E-state index is -1.06. The number of carbonyl (C=O) groups is 5. The maximum Gasteiger partial charge on any atom is 0.326 e. The van der Waals surface area contributed by atoms with Crippen LogP contribution in [0.3, 0.4) is 0 Å². The van der Waals surface area contributed by atoms with Crippen LogP contribution in [0.5, 0.6) is 0 Å². The third kappa shape index (κ3) is 7.50. The summed E-state index contributed by atoms with van der Waals surface area (Å²) in [5.41, 5.74) is 5.27. The van der Waals surface area contributed by atoms with Gasteiger partial charge in [0.05, 0.1) is 13.1 Å². The Morgan fingerprint density at radius 3 is 2.19 bits per heavy atom. The molecular formula is C20H35N5O6. The summed E-state index contributed by atoms with van der Waals surface area (Å²) in [4.78, 5) is 62.1. The molecule has 11 heteroatoms. The Bertz CT molecular complexity index is 683. The van der Waals surface area contributed by atoms with E-state index in [4.69, 9.17) is 5.73 Å². The van der Waals surface area contributed by atoms with Crippen LogP contribution in [-0.2, 0) is 24.0 Å². The number of nitrogens with zero attached hydrogens (tertiary/aromatic N) is 1. The predicted molar refractivity (Wildman–Crippen MR) is 113 cm³/mol. The molecule has 6 N–H and O–H groups in total. The third-order valence-corrected chi connectivity index (χ3v) is 5.49. The number of hydrogen-bond donors (Lipinski definition) is 5. The zero-order valence-electron chi connectivity index (χ0n) is 18.6. The van der Waals surface area contributed by atoms with Crippen molar-refractivity contribution >= 4 is 29.6 Å². The first-order chi connectivity index (χ1) is 14.5. The fraction of sp³-hybridized carbons (Fsp3) is 0.750. The first kappa shape index (κ1) is 26.3. The standard InChI is InChI=1S/C20H35N5O6/c1-5-12(4)17(19(29)25-8-6-7-13(25)20(30)31)24-15(27)10-22-18(28)16(11(2)3)23-14(26)9-21/h11-13,16-17H,5-10,21H2,1-4H3,(H,22,28)(H,23,26)(H,24,27)(H,30,31)/t12-,13-,16-,17-/m0/s1. The SMILES string of the molecule is CC[C@H](C)[C@H](NC(=O)CNC(=O)[C@@H](NC(=O)CN)C(C)C)C(=O)N1CCC[C@H]1C(=O)O. The zero-order valence-corrected chi connectivity index (χ0v) is 18.6. The average molecular weight is 442 g/mol. The normalized spacial score (nSPS) is 18.8. The number of carbonyl (C=O) groups excluding carboxylic acids is 4. The van der Waals surface area contributed by atoms with Gasteiger partial charge in [-0.1, -0.05) is 34.1 Å². The second-order valence-corrected chi connectivity index (χ2v) is 8.17. The Hall–Kier alpha value is -2.69. The Kier molecular flexibility index (Phi) is 10.4. The van der Waals surface area contributed by atoms with Gasteiger partial charge < -0.3 is 31.7 Å². The minimum Gasteiger partial charge on any atom is -0.480 e. The molecule has 1 aliphatic rings. The molecule has 176 valence electrons. The smallest absolute Gasteiger partial charge is 0.326 e. The van der Waals surface area contributed by atoms with Gasteiger partial charge in [-0.2, -0.15) is 0 Å². The fourth-order valence-corrected chi connectivity index (χ4v) is 3.42. The zero-order chi connectivity index (χ0) is 23.7. The molecule has 1 saturated heterocycles. The van der Waals surface area contributed by atoms with Crippen molar-refractivity contribution in [1.82, 2.24) is 20.9 Å². The van der Waals surface area contributed by atoms with Crippen LogP contribution in [0.2, 0.25) is 0 Å². The van der Waals surface area contributed by atoms with Crippen LogP contribution in [0.15, 0.2) is 0 Å². The Morgan fingerprint density at radius 1 is 1.06 bits per heavy atom. The minimum absolute atomic E-state index is 0.226. The van der Waals surface area contributed by atoms with Gasteiger partial charge in [0.15, 0.2) is 0 Å². The molecule has 0 unspecified atom stereocenters. The number of rotatable bonds is 11. The van der Waals surface area contributed by atoms with Gasteiger partial charge in [-0.25, -0.2) is 4.79 Å². The van der Waals surface area contributed by atoms with E-state index in [9.17, 15) is 29.1 Å². The molecular weight excluding hydrogens is 406 g/mol. The van der Waals surface area contributed by atoms with Crippen LogP contribution in [0, 0.1) is 11.8 Å². The molecule has 0 bridgehead atoms. The topological polar surface area (TPSA) is 171 Å². The molecule has 0 spiro atoms. The van der Waals surface area contributed by atoms with E-state index in [1.54, 1.807) is 20.8 Å². The highest BCUT2D eigenvalue weighted by molar-refractivity contribution is 5.94. The lowest BCUT2D eigenvalue weighted by Gasteiger charge is -2.30. The van der Waals surface area contributed by atoms with E-state index in [0.717, 1.165) is 0 Å². The van der Waals surface area contributed by atoms with E-state index >= 15 is 0 Å². The van der Waals surface area contributed by atoms with Crippen molar-refractivity contribution in [2.45, 2.75) is 65.1 Å². The summed E-state index contributed by atoms with van der Waals surface area (Å²) in [6, 6.07) is -2.64. The first-order valence-corrected chi connectivity index (χ1v) is 10.6. The van der Waals surface area contributed by atoms with E-state index in [2.05, 4.69) is 16.0 Å². The second-order valence-electron chi connectivity index (χ2n) is 8.17. The number of amides is 4. The number of nitrogens with one attached hydrogen (secondary N) is 3. The molecule has 1 rings (SSSR count). The third-order valence-electron chi connectivity index (χ3n) is 5.49. The molecule has 4 atom stereocenters. The molecule has 0 radical (unpaired) electrons. The van der Waals surface area contributed by atoms with Crippen LogP contribution in [0.4, 0.5) is 0 Å². The van der Waals surface area contributed by atoms with Gasteiger partial charge in [-0.05, 0) is 24.7 Å². The van der Waals surface area contributed by atoms with Crippen molar-refractivity contribution < 1.29 is 29.1 Å². The average Bonchev–Trinajstić information content (AvgIpc) is 3.22. The summed E-state index contributed by atoms with van der Waals surface area (Å²) < 4.78 is 0. The van der Waals surface area contributed by atoms with Gasteiger partial charge >= 0.3 is 5.97 Å². The van der Waals surface area contributed by atoms with Gasteiger partial charge in [0.25, 0.3) is 0 Å². The van der Waals surface area contributed by atoms with E-state index in [1.165, 1.54) is 4.90 Å². The van der Waals surface area contributed by atoms with Crippen molar-refractivity contribution in [2.75, 3.05) is 19.6 Å². The number of aliphatic carboxylic acids is 1. The number of carboxylic acids is 1. The molecule has 0 aromatic carbocycles. The number of carboxylic acid groups (broad SMARTS) is 1. The summed E-state index contributed by atoms with van der Waals surface area (Å²) in [5, 5.41) is 17.0. The lowest BCUT2D eigenvalue weighted by molar-refractivity contribution is -0.150. The second kappa shape index (κ2) is 12.2. The van der Waals surface area contributed by atoms with Crippen molar-refractivity contribution in [3.05, 3.63) is 0 Å². The quantitative estimate of drug-likeness (QED) is 0.268. The van der Waals surface area contributed by atoms with Gasteiger partial charge in [0.2, 0.25) is 23.6 Å². The molecule has 0 aromatic rings. The molecule has 11 nitrogen and oxygen atoms in total. The van der Waals surface area contributed by atoms with Crippen LogP contribution < -0.4 is 21.7 Å². The molecule has 0 aromatic heterocycles. The van der Waals surface area contributed by atoms with Crippen molar-refractivity contribution in [1.29, 1.82) is 0 Å². The highest BCUT2D eigenvalue weighted by Crippen LogP contribution is 2.21. The van der Waals surface area contributed by atoms with E-state index in [-0.39, 0.29) is 24.9 Å². The van der Waals surface area contributed by atoms with Gasteiger partial charge in [-0.3, -0.25) is 19.2 Å². The van der Waals surface area contributed by atoms with Crippen molar-refractivity contribution in [3.8, 4) is 0 Å². The van der Waals surface area contributed by atoms with Crippen LogP contribution in [0.1, 0.15) is 47.0 Å². The first-order valence-electron chi connectivity index (χ1n) is 10.6. The lowest BCUT2D eigenvalue weighted by Crippen LogP contribution is -2.56. The molecule has 31 heavy (non-hydrogen) atoms. The highest BCUT2D eigenvalue weighted by Gasteiger charge is 2.39. The Morgan fingerprint density at radius 2 is 1.68 bits per heavy atom. The van der Waals surface area contributed by atoms with Crippen LogP contribution in [-0.4, -0.2) is 77.4 Å². The summed E-state index contributed by atoms with van der Waals surface area (Å²) in [7, 11) is 0. The Balaban J connectivity index is 2.77. The molecule has 1 heterocycles. The molecule has 0 aliphatic carbocycles. The van der Waals surface area contributed by atoms with Crippen LogP contribution >= 0.6 is 0 Å². The van der Waals surface area contributed by atoms with E-state index in [1.807, 2.05) is 6.92 Å². The molecule has 1 aliphatic heterocycles. The molecule has 0 saturated carbocycles. The fourth-order valence-electron chi connectivity index (χ4n) is 3.42. The monoisotopic (exact) mass is 441 g/mol. The summed E-state index contributed by atoms with van der Waals surface area (Å²) >= 11 is 0. The molecule has 1 fully saturated rings. The lowest BCUT2D eigenvalue weighted by atomic mass is 9.97. The van der Waals surface area contributed by atoms with E-state index < -0.39 is 47.7 Å². The van der Waals surface area contributed by atoms with Gasteiger partial charge in [-0.15, -0.1) is 0 Å². The summed E-state index contributed by atoms with van der Waals surface area (Å²) in [6.45, 7) is 6.83. The number of likely N-dealkylation sites (tertiary alicyclic amines) is 1. The van der Waals surface area contributed by atoms with E-state index in [0.29, 0.717) is 25.8 Å². The van der Waals surface area contributed by atoms with Gasteiger partial charge in [0, 0.05) is 6.54 Å². The summed E-state index contributed by atoms with van der Waals surface area (Å²) in [5.74, 6) is -3.56. The van der Waals surface area contributed by atoms with Crippen molar-refractivity contribution in [3.63, 3.8) is 0 Å².